The van der Waals surface area contributed by atoms with Gasteiger partial charge in [0.15, 0.2) is 9.84 Å². The molecule has 5 heteroatoms. The molecule has 0 saturated carbocycles. The van der Waals surface area contributed by atoms with E-state index in [2.05, 4.69) is 0 Å². The fourth-order valence-electron chi connectivity index (χ4n) is 3.00. The monoisotopic (exact) mass is 275 g/mol. The van der Waals surface area contributed by atoms with Crippen LogP contribution in [0.15, 0.2) is 0 Å². The van der Waals surface area contributed by atoms with Crippen LogP contribution in [-0.2, 0) is 14.6 Å². The quantitative estimate of drug-likeness (QED) is 0.784. The highest BCUT2D eigenvalue weighted by molar-refractivity contribution is 7.92. The van der Waals surface area contributed by atoms with Gasteiger partial charge in [0.05, 0.1) is 6.10 Å². The van der Waals surface area contributed by atoms with Crippen LogP contribution in [0.4, 0.5) is 0 Å². The van der Waals surface area contributed by atoms with Crippen molar-refractivity contribution < 1.29 is 13.2 Å². The summed E-state index contributed by atoms with van der Waals surface area (Å²) < 4.78 is 29.4. The Balaban J connectivity index is 3.41. The molecular weight excluding hydrogens is 250 g/mol. The van der Waals surface area contributed by atoms with Gasteiger partial charge < -0.3 is 10.1 Å². The van der Waals surface area contributed by atoms with Gasteiger partial charge in [-0.05, 0) is 33.1 Å². The van der Waals surface area contributed by atoms with Crippen molar-refractivity contribution in [2.75, 3.05) is 12.9 Å². The van der Waals surface area contributed by atoms with Crippen molar-refractivity contribution >= 4 is 15.5 Å². The van der Waals surface area contributed by atoms with Gasteiger partial charge in [-0.1, -0.05) is 13.8 Å². The minimum atomic E-state index is -3.33. The minimum Gasteiger partial charge on any atom is -0.377 e. The summed E-state index contributed by atoms with van der Waals surface area (Å²) in [6.45, 7) is 7.88. The van der Waals surface area contributed by atoms with Crippen molar-refractivity contribution in [3.63, 3.8) is 0 Å². The van der Waals surface area contributed by atoms with Crippen molar-refractivity contribution in [2.24, 2.45) is 5.41 Å². The van der Waals surface area contributed by atoms with E-state index in [1.54, 1.807) is 13.8 Å². The molecule has 0 spiro atoms. The molecule has 1 saturated heterocycles. The molecule has 0 radical (unpaired) electrons. The van der Waals surface area contributed by atoms with Crippen LogP contribution >= 0.6 is 0 Å². The average molecular weight is 275 g/mol. The highest BCUT2D eigenvalue weighted by Crippen LogP contribution is 2.47. The van der Waals surface area contributed by atoms with Gasteiger partial charge in [0.25, 0.3) is 0 Å². The molecule has 106 valence electrons. The van der Waals surface area contributed by atoms with E-state index in [-0.39, 0.29) is 6.10 Å². The van der Waals surface area contributed by atoms with E-state index in [4.69, 9.17) is 10.1 Å². The summed E-state index contributed by atoms with van der Waals surface area (Å²) in [4.78, 5) is 0. The summed E-state index contributed by atoms with van der Waals surface area (Å²) in [6, 6.07) is 0. The molecule has 0 aromatic heterocycles. The zero-order chi connectivity index (χ0) is 14.2. The predicted octanol–water partition coefficient (Wildman–Crippen LogP) is 2.42. The fourth-order valence-corrected chi connectivity index (χ4v) is 4.78. The molecule has 1 rings (SSSR count). The Hall–Kier alpha value is -0.420. The highest BCUT2D eigenvalue weighted by Gasteiger charge is 2.58. The first-order valence-corrected chi connectivity index (χ1v) is 8.37. The van der Waals surface area contributed by atoms with Crippen molar-refractivity contribution in [2.45, 2.75) is 57.8 Å². The van der Waals surface area contributed by atoms with Crippen LogP contribution in [0, 0.1) is 10.8 Å². The first-order chi connectivity index (χ1) is 8.11. The molecule has 0 amide bonds. The second-order valence-electron chi connectivity index (χ2n) is 5.69. The Morgan fingerprint density at radius 1 is 1.44 bits per heavy atom. The number of ether oxygens (including phenoxy) is 1. The van der Waals surface area contributed by atoms with Gasteiger partial charge in [-0.2, -0.15) is 0 Å². The van der Waals surface area contributed by atoms with Crippen LogP contribution < -0.4 is 0 Å². The van der Waals surface area contributed by atoms with Gasteiger partial charge in [0, 0.05) is 24.0 Å². The highest BCUT2D eigenvalue weighted by atomic mass is 32.2. The number of sulfone groups is 1. The zero-order valence-electron chi connectivity index (χ0n) is 12.0. The van der Waals surface area contributed by atoms with E-state index in [1.807, 2.05) is 13.8 Å². The maximum Gasteiger partial charge on any atom is 0.156 e. The van der Waals surface area contributed by atoms with Crippen molar-refractivity contribution in [3.05, 3.63) is 0 Å². The maximum atomic E-state index is 12.4. The molecule has 18 heavy (non-hydrogen) atoms. The summed E-state index contributed by atoms with van der Waals surface area (Å²) in [5.74, 6) is 0. The third kappa shape index (κ3) is 2.11. The first kappa shape index (κ1) is 15.6. The van der Waals surface area contributed by atoms with Crippen molar-refractivity contribution in [3.8, 4) is 0 Å². The van der Waals surface area contributed by atoms with E-state index in [0.717, 1.165) is 12.8 Å². The fraction of sp³-hybridized carbons (Fsp3) is 0.923. The van der Waals surface area contributed by atoms with Gasteiger partial charge in [-0.3, -0.25) is 0 Å². The van der Waals surface area contributed by atoms with E-state index < -0.39 is 20.0 Å². The number of rotatable bonds is 5. The lowest BCUT2D eigenvalue weighted by Gasteiger charge is -2.47. The number of nitrogens with one attached hydrogen (secondary N) is 1. The topological polar surface area (TPSA) is 67.2 Å². The zero-order valence-corrected chi connectivity index (χ0v) is 12.9. The first-order valence-electron chi connectivity index (χ1n) is 6.48. The largest absolute Gasteiger partial charge is 0.377 e. The van der Waals surface area contributed by atoms with Crippen LogP contribution in [0.25, 0.3) is 0 Å². The third-order valence-electron chi connectivity index (χ3n) is 4.94. The van der Waals surface area contributed by atoms with Crippen molar-refractivity contribution in [1.82, 2.24) is 0 Å². The predicted molar refractivity (Wildman–Crippen MR) is 74.0 cm³/mol. The molecule has 1 aliphatic heterocycles. The molecule has 1 heterocycles. The summed E-state index contributed by atoms with van der Waals surface area (Å²) in [6.07, 6.45) is 3.23. The normalized spacial score (nSPS) is 27.5. The van der Waals surface area contributed by atoms with Crippen molar-refractivity contribution in [1.29, 1.82) is 5.41 Å². The van der Waals surface area contributed by atoms with E-state index >= 15 is 0 Å². The molecule has 0 aliphatic carbocycles. The molecule has 1 N–H and O–H groups in total. The SMILES string of the molecule is CCC(C)(C(C)=N)C(C)(C1CCCO1)S(C)(=O)=O. The second-order valence-corrected chi connectivity index (χ2v) is 8.08. The molecule has 4 nitrogen and oxygen atoms in total. The Morgan fingerprint density at radius 3 is 2.28 bits per heavy atom. The number of hydrogen-bond donors (Lipinski definition) is 1. The van der Waals surface area contributed by atoms with Crippen LogP contribution in [0.2, 0.25) is 0 Å². The average Bonchev–Trinajstić information content (AvgIpc) is 2.78. The lowest BCUT2D eigenvalue weighted by Crippen LogP contribution is -2.60. The molecule has 1 aliphatic rings. The smallest absolute Gasteiger partial charge is 0.156 e. The van der Waals surface area contributed by atoms with Crippen LogP contribution in [0.1, 0.15) is 47.0 Å². The molecule has 1 fully saturated rings. The van der Waals surface area contributed by atoms with Gasteiger partial charge in [-0.15, -0.1) is 0 Å². The summed E-state index contributed by atoms with van der Waals surface area (Å²) in [5.41, 5.74) is -0.274. The third-order valence-corrected chi connectivity index (χ3v) is 7.20. The molecule has 0 aromatic carbocycles. The summed E-state index contributed by atoms with van der Waals surface area (Å²) in [7, 11) is -3.33. The lowest BCUT2D eigenvalue weighted by atomic mass is 9.69. The van der Waals surface area contributed by atoms with Crippen LogP contribution in [0.5, 0.6) is 0 Å². The summed E-state index contributed by atoms with van der Waals surface area (Å²) in [5, 5.41) is 8.03. The van der Waals surface area contributed by atoms with E-state index in [1.165, 1.54) is 6.26 Å². The molecule has 0 bridgehead atoms. The minimum absolute atomic E-state index is 0.308. The Kier molecular flexibility index (Phi) is 4.28. The van der Waals surface area contributed by atoms with Gasteiger partial charge in [-0.25, -0.2) is 8.42 Å². The Bertz CT molecular complexity index is 426. The summed E-state index contributed by atoms with van der Waals surface area (Å²) >= 11 is 0. The van der Waals surface area contributed by atoms with Gasteiger partial charge in [0.1, 0.15) is 4.75 Å². The lowest BCUT2D eigenvalue weighted by molar-refractivity contribution is 0.0477. The van der Waals surface area contributed by atoms with Gasteiger partial charge >= 0.3 is 0 Å². The maximum absolute atomic E-state index is 12.4. The second kappa shape index (κ2) is 4.93. The standard InChI is InChI=1S/C13H25NO3S/c1-6-12(3,10(2)14)13(4,18(5,15)16)11-8-7-9-17-11/h11,14H,6-9H2,1-5H3. The molecular formula is C13H25NO3S. The Morgan fingerprint density at radius 2 is 2.00 bits per heavy atom. The Labute approximate surface area is 111 Å². The number of hydrogen-bond acceptors (Lipinski definition) is 4. The van der Waals surface area contributed by atoms with Gasteiger partial charge in [0.2, 0.25) is 0 Å². The van der Waals surface area contributed by atoms with E-state index in [9.17, 15) is 8.42 Å². The molecule has 3 atom stereocenters. The van der Waals surface area contributed by atoms with E-state index in [0.29, 0.717) is 18.7 Å². The molecule has 3 unspecified atom stereocenters. The van der Waals surface area contributed by atoms with Crippen LogP contribution in [-0.4, -0.2) is 37.8 Å². The van der Waals surface area contributed by atoms with Crippen LogP contribution in [0.3, 0.4) is 0 Å². The molecule has 0 aromatic rings.